The molecule has 1 aliphatic heterocycles. The normalized spacial score (nSPS) is 22.5. The van der Waals surface area contributed by atoms with E-state index in [1.165, 1.54) is 116 Å². The highest BCUT2D eigenvalue weighted by atomic mass is 16.7. The Morgan fingerprint density at radius 3 is 1.58 bits per heavy atom. The highest BCUT2D eigenvalue weighted by Gasteiger charge is 2.44. The van der Waals surface area contributed by atoms with Crippen LogP contribution in [0, 0.1) is 0 Å². The topological polar surface area (TPSA) is 169 Å². The van der Waals surface area contributed by atoms with E-state index in [4.69, 9.17) is 9.47 Å². The molecule has 0 bridgehead atoms. The molecular weight excluding hydrogens is 674 g/mol. The van der Waals surface area contributed by atoms with Gasteiger partial charge in [-0.2, -0.15) is 0 Å². The summed E-state index contributed by atoms with van der Waals surface area (Å²) in [6, 6.07) is -0.984. The number of unbranched alkanes of at least 4 members (excludes halogenated alkanes) is 22. The van der Waals surface area contributed by atoms with Crippen LogP contribution in [0.1, 0.15) is 181 Å². The van der Waals surface area contributed by atoms with Gasteiger partial charge in [0, 0.05) is 0 Å². The van der Waals surface area contributed by atoms with Gasteiger partial charge in [0.15, 0.2) is 6.29 Å². The van der Waals surface area contributed by atoms with Crippen molar-refractivity contribution in [3.05, 3.63) is 24.3 Å². The van der Waals surface area contributed by atoms with Crippen LogP contribution < -0.4 is 5.32 Å². The van der Waals surface area contributed by atoms with E-state index in [9.17, 15) is 35.4 Å². The Labute approximate surface area is 322 Å². The molecule has 10 heteroatoms. The molecule has 312 valence electrons. The van der Waals surface area contributed by atoms with Crippen molar-refractivity contribution in [1.82, 2.24) is 5.32 Å². The van der Waals surface area contributed by atoms with Crippen LogP contribution in [0.25, 0.3) is 0 Å². The highest BCUT2D eigenvalue weighted by molar-refractivity contribution is 5.80. The third-order valence-corrected chi connectivity index (χ3v) is 10.4. The monoisotopic (exact) mass is 756 g/mol. The Morgan fingerprint density at radius 2 is 1.09 bits per heavy atom. The number of aliphatic hydroxyl groups excluding tert-OH is 6. The van der Waals surface area contributed by atoms with Crippen LogP contribution in [0.2, 0.25) is 0 Å². The minimum atomic E-state index is -1.61. The quantitative estimate of drug-likeness (QED) is 0.0259. The van der Waals surface area contributed by atoms with Gasteiger partial charge in [-0.15, -0.1) is 0 Å². The molecule has 0 spiro atoms. The lowest BCUT2D eigenvalue weighted by Gasteiger charge is -2.40. The molecule has 0 aliphatic carbocycles. The van der Waals surface area contributed by atoms with Crippen molar-refractivity contribution in [1.29, 1.82) is 0 Å². The smallest absolute Gasteiger partial charge is 0.249 e. The maximum absolute atomic E-state index is 13.0. The van der Waals surface area contributed by atoms with Crippen LogP contribution in [0.15, 0.2) is 24.3 Å². The molecule has 10 nitrogen and oxygen atoms in total. The molecule has 0 aromatic heterocycles. The van der Waals surface area contributed by atoms with E-state index in [0.29, 0.717) is 6.42 Å². The van der Waals surface area contributed by atoms with E-state index in [1.807, 2.05) is 6.08 Å². The third-order valence-electron chi connectivity index (χ3n) is 10.4. The fraction of sp³-hybridized carbons (Fsp3) is 0.884. The Balaban J connectivity index is 2.49. The number of aliphatic hydroxyl groups is 6. The van der Waals surface area contributed by atoms with Crippen molar-refractivity contribution < 1.29 is 44.9 Å². The first-order valence-corrected chi connectivity index (χ1v) is 21.7. The minimum Gasteiger partial charge on any atom is -0.394 e. The number of hydrogen-bond acceptors (Lipinski definition) is 9. The average molecular weight is 756 g/mol. The van der Waals surface area contributed by atoms with E-state index in [-0.39, 0.29) is 13.0 Å². The van der Waals surface area contributed by atoms with Crippen molar-refractivity contribution in [3.8, 4) is 0 Å². The number of carbonyl (C=O) groups excluding carboxylic acids is 1. The summed E-state index contributed by atoms with van der Waals surface area (Å²) < 4.78 is 11.1. The Bertz CT molecular complexity index is 901. The molecule has 1 heterocycles. The summed E-state index contributed by atoms with van der Waals surface area (Å²) in [5, 5.41) is 64.5. The Hall–Kier alpha value is -1.37. The molecular formula is C43H81NO9. The maximum Gasteiger partial charge on any atom is 0.249 e. The molecule has 8 unspecified atom stereocenters. The van der Waals surface area contributed by atoms with Crippen molar-refractivity contribution in [2.24, 2.45) is 0 Å². The second kappa shape index (κ2) is 33.9. The number of carbonyl (C=O) groups is 1. The molecule has 0 aromatic rings. The van der Waals surface area contributed by atoms with Crippen molar-refractivity contribution in [2.75, 3.05) is 13.2 Å². The lowest BCUT2D eigenvalue weighted by molar-refractivity contribution is -0.302. The van der Waals surface area contributed by atoms with Gasteiger partial charge in [0.2, 0.25) is 5.91 Å². The van der Waals surface area contributed by atoms with Gasteiger partial charge >= 0.3 is 0 Å². The lowest BCUT2D eigenvalue weighted by atomic mass is 9.99. The molecule has 1 fully saturated rings. The molecule has 1 saturated heterocycles. The number of hydrogen-bond donors (Lipinski definition) is 7. The lowest BCUT2D eigenvalue weighted by Crippen LogP contribution is -2.60. The molecule has 1 aliphatic rings. The summed E-state index contributed by atoms with van der Waals surface area (Å²) in [6.07, 6.45) is 28.3. The summed E-state index contributed by atoms with van der Waals surface area (Å²) >= 11 is 0. The third kappa shape index (κ3) is 24.7. The summed E-state index contributed by atoms with van der Waals surface area (Å²) in [6.45, 7) is 3.57. The van der Waals surface area contributed by atoms with Gasteiger partial charge in [-0.05, 0) is 44.9 Å². The predicted octanol–water partition coefficient (Wildman–Crippen LogP) is 7.30. The molecule has 0 aromatic carbocycles. The molecule has 0 radical (unpaired) electrons. The summed E-state index contributed by atoms with van der Waals surface area (Å²) in [7, 11) is 0. The molecule has 0 saturated carbocycles. The number of allylic oxidation sites excluding steroid dienone is 3. The summed E-state index contributed by atoms with van der Waals surface area (Å²) in [5.41, 5.74) is 0. The first kappa shape index (κ1) is 49.6. The van der Waals surface area contributed by atoms with Crippen molar-refractivity contribution in [3.63, 3.8) is 0 Å². The zero-order valence-corrected chi connectivity index (χ0v) is 33.6. The fourth-order valence-corrected chi connectivity index (χ4v) is 6.74. The van der Waals surface area contributed by atoms with Crippen LogP contribution in [0.5, 0.6) is 0 Å². The van der Waals surface area contributed by atoms with E-state index in [1.54, 1.807) is 6.08 Å². The van der Waals surface area contributed by atoms with Gasteiger partial charge < -0.3 is 45.4 Å². The van der Waals surface area contributed by atoms with E-state index < -0.39 is 61.5 Å². The molecule has 1 amide bonds. The van der Waals surface area contributed by atoms with Crippen molar-refractivity contribution >= 4 is 5.91 Å². The van der Waals surface area contributed by atoms with Crippen molar-refractivity contribution in [2.45, 2.75) is 230 Å². The number of ether oxygens (including phenoxy) is 2. The standard InChI is InChI=1S/C43H81NO9/c1-3-5-7-9-11-13-15-17-18-20-21-23-25-27-29-31-36(46)35(34-52-43-41(50)40(49)39(48)38(33-45)53-43)44-42(51)37(47)32-30-28-26-24-22-19-16-14-12-10-8-6-4-2/h22,24,29,31,35-41,43,45-50H,3-21,23,25-28,30,32-34H2,1-2H3,(H,44,51)/b24-22-,31-29+. The highest BCUT2D eigenvalue weighted by Crippen LogP contribution is 2.22. The van der Waals surface area contributed by atoms with Crippen LogP contribution >= 0.6 is 0 Å². The van der Waals surface area contributed by atoms with Gasteiger partial charge in [0.05, 0.1) is 25.4 Å². The minimum absolute atomic E-state index is 0.280. The van der Waals surface area contributed by atoms with Crippen LogP contribution in [0.4, 0.5) is 0 Å². The first-order valence-electron chi connectivity index (χ1n) is 21.7. The Kier molecular flexibility index (Phi) is 31.8. The molecule has 53 heavy (non-hydrogen) atoms. The largest absolute Gasteiger partial charge is 0.394 e. The van der Waals surface area contributed by atoms with E-state index >= 15 is 0 Å². The van der Waals surface area contributed by atoms with Gasteiger partial charge in [-0.1, -0.05) is 160 Å². The zero-order chi connectivity index (χ0) is 38.9. The zero-order valence-electron chi connectivity index (χ0n) is 33.6. The summed E-state index contributed by atoms with van der Waals surface area (Å²) in [5.74, 6) is -0.633. The molecule has 8 atom stereocenters. The number of nitrogens with one attached hydrogen (secondary N) is 1. The van der Waals surface area contributed by atoms with Crippen LogP contribution in [-0.2, 0) is 14.3 Å². The first-order chi connectivity index (χ1) is 25.8. The second-order valence-electron chi connectivity index (χ2n) is 15.3. The fourth-order valence-electron chi connectivity index (χ4n) is 6.74. The van der Waals surface area contributed by atoms with Gasteiger partial charge in [-0.25, -0.2) is 0 Å². The average Bonchev–Trinajstić information content (AvgIpc) is 3.16. The van der Waals surface area contributed by atoms with Gasteiger partial charge in [0.1, 0.15) is 30.5 Å². The predicted molar refractivity (Wildman–Crippen MR) is 213 cm³/mol. The van der Waals surface area contributed by atoms with Crippen LogP contribution in [0.3, 0.4) is 0 Å². The summed E-state index contributed by atoms with van der Waals surface area (Å²) in [4.78, 5) is 13.0. The SMILES string of the molecule is CCCCCCCCC/C=C\CCCCC(O)C(=O)NC(COC1OC(CO)C(O)C(O)C1O)C(O)/C=C/CCCCCCCCCCCCCCC. The maximum atomic E-state index is 13.0. The number of rotatable bonds is 35. The van der Waals surface area contributed by atoms with Crippen LogP contribution in [-0.4, -0.2) is 98.7 Å². The van der Waals surface area contributed by atoms with E-state index in [0.717, 1.165) is 38.5 Å². The number of amides is 1. The second-order valence-corrected chi connectivity index (χ2v) is 15.3. The molecule has 1 rings (SSSR count). The molecule has 7 N–H and O–H groups in total. The van der Waals surface area contributed by atoms with E-state index in [2.05, 4.69) is 31.3 Å². The Morgan fingerprint density at radius 1 is 0.642 bits per heavy atom. The van der Waals surface area contributed by atoms with Gasteiger partial charge in [-0.3, -0.25) is 4.79 Å². The van der Waals surface area contributed by atoms with Gasteiger partial charge in [0.25, 0.3) is 0 Å².